The second-order valence-electron chi connectivity index (χ2n) is 3.70. The monoisotopic (exact) mass is 232 g/mol. The summed E-state index contributed by atoms with van der Waals surface area (Å²) in [5.41, 5.74) is 7.59. The van der Waals surface area contributed by atoms with Crippen LogP contribution in [0.2, 0.25) is 0 Å². The highest BCUT2D eigenvalue weighted by atomic mass is 32.1. The van der Waals surface area contributed by atoms with Crippen molar-refractivity contribution >= 4 is 22.7 Å². The van der Waals surface area contributed by atoms with Crippen molar-refractivity contribution in [2.24, 2.45) is 0 Å². The number of nitrogen functional groups attached to an aromatic ring is 1. The van der Waals surface area contributed by atoms with Gasteiger partial charge in [0, 0.05) is 27.7 Å². The zero-order chi connectivity index (χ0) is 11.4. The molecule has 1 aromatic heterocycles. The Bertz CT molecular complexity index is 462. The molecule has 0 spiro atoms. The fourth-order valence-corrected chi connectivity index (χ4v) is 2.44. The quantitative estimate of drug-likeness (QED) is 0.792. The van der Waals surface area contributed by atoms with Gasteiger partial charge in [-0.3, -0.25) is 0 Å². The average Bonchev–Trinajstić information content (AvgIpc) is 2.74. The minimum absolute atomic E-state index is 0.797. The van der Waals surface area contributed by atoms with Gasteiger partial charge in [0.25, 0.3) is 0 Å². The lowest BCUT2D eigenvalue weighted by atomic mass is 10.3. The summed E-state index contributed by atoms with van der Waals surface area (Å²) in [5.74, 6) is 0. The number of hydrogen-bond donors (Lipinski definition) is 2. The highest BCUT2D eigenvalue weighted by molar-refractivity contribution is 7.12. The molecule has 0 atom stereocenters. The SMILES string of the molecule is CCc1ccc(CNc2cccc(N)c2)s1. The predicted molar refractivity (Wildman–Crippen MR) is 71.9 cm³/mol. The lowest BCUT2D eigenvalue weighted by Crippen LogP contribution is -1.97. The van der Waals surface area contributed by atoms with E-state index in [0.717, 1.165) is 24.3 Å². The number of nitrogens with one attached hydrogen (secondary N) is 1. The molecule has 0 aliphatic rings. The van der Waals surface area contributed by atoms with Crippen molar-refractivity contribution in [1.82, 2.24) is 0 Å². The van der Waals surface area contributed by atoms with Gasteiger partial charge in [-0.2, -0.15) is 0 Å². The lowest BCUT2D eigenvalue weighted by molar-refractivity contribution is 1.19. The van der Waals surface area contributed by atoms with Gasteiger partial charge in [0.2, 0.25) is 0 Å². The number of rotatable bonds is 4. The summed E-state index contributed by atoms with van der Waals surface area (Å²) in [7, 11) is 0. The van der Waals surface area contributed by atoms with Crippen LogP contribution in [0.15, 0.2) is 36.4 Å². The van der Waals surface area contributed by atoms with Crippen LogP contribution in [0.3, 0.4) is 0 Å². The molecule has 0 bridgehead atoms. The van der Waals surface area contributed by atoms with Gasteiger partial charge in [-0.05, 0) is 36.8 Å². The Morgan fingerprint density at radius 1 is 1.19 bits per heavy atom. The zero-order valence-corrected chi connectivity index (χ0v) is 10.2. The number of nitrogens with two attached hydrogens (primary N) is 1. The maximum absolute atomic E-state index is 5.72. The van der Waals surface area contributed by atoms with Crippen molar-refractivity contribution in [1.29, 1.82) is 0 Å². The summed E-state index contributed by atoms with van der Waals surface area (Å²) in [6.07, 6.45) is 1.11. The molecule has 0 aliphatic carbocycles. The normalized spacial score (nSPS) is 10.3. The molecule has 3 heteroatoms. The topological polar surface area (TPSA) is 38.0 Å². The van der Waals surface area contributed by atoms with Crippen molar-refractivity contribution in [2.45, 2.75) is 19.9 Å². The molecule has 1 aromatic carbocycles. The van der Waals surface area contributed by atoms with Crippen LogP contribution in [0, 0.1) is 0 Å². The Balaban J connectivity index is 1.96. The first-order valence-corrected chi connectivity index (χ1v) is 6.26. The van der Waals surface area contributed by atoms with Crippen LogP contribution in [0.4, 0.5) is 11.4 Å². The molecule has 2 aromatic rings. The number of anilines is 2. The minimum Gasteiger partial charge on any atom is -0.399 e. The molecule has 2 nitrogen and oxygen atoms in total. The first-order chi connectivity index (χ1) is 7.78. The van der Waals surface area contributed by atoms with E-state index in [9.17, 15) is 0 Å². The van der Waals surface area contributed by atoms with E-state index in [4.69, 9.17) is 5.73 Å². The summed E-state index contributed by atoms with van der Waals surface area (Å²) < 4.78 is 0. The molecule has 2 rings (SSSR count). The summed E-state index contributed by atoms with van der Waals surface area (Å²) in [6.45, 7) is 3.05. The fraction of sp³-hybridized carbons (Fsp3) is 0.231. The van der Waals surface area contributed by atoms with E-state index in [1.807, 2.05) is 35.6 Å². The number of thiophene rings is 1. The van der Waals surface area contributed by atoms with Gasteiger partial charge >= 0.3 is 0 Å². The van der Waals surface area contributed by atoms with Crippen LogP contribution in [0.1, 0.15) is 16.7 Å². The Morgan fingerprint density at radius 3 is 2.69 bits per heavy atom. The predicted octanol–water partition coefficient (Wildman–Crippen LogP) is 3.50. The molecule has 0 fully saturated rings. The summed E-state index contributed by atoms with van der Waals surface area (Å²) in [6, 6.07) is 12.2. The van der Waals surface area contributed by atoms with Crippen molar-refractivity contribution in [3.63, 3.8) is 0 Å². The summed E-state index contributed by atoms with van der Waals surface area (Å²) in [5, 5.41) is 3.37. The van der Waals surface area contributed by atoms with Gasteiger partial charge in [0.05, 0.1) is 0 Å². The highest BCUT2D eigenvalue weighted by Crippen LogP contribution is 2.19. The van der Waals surface area contributed by atoms with E-state index < -0.39 is 0 Å². The van der Waals surface area contributed by atoms with Gasteiger partial charge in [-0.1, -0.05) is 13.0 Å². The number of benzene rings is 1. The number of hydrogen-bond acceptors (Lipinski definition) is 3. The largest absolute Gasteiger partial charge is 0.399 e. The third kappa shape index (κ3) is 2.76. The Morgan fingerprint density at radius 2 is 2.00 bits per heavy atom. The Hall–Kier alpha value is -1.48. The molecule has 0 radical (unpaired) electrons. The highest BCUT2D eigenvalue weighted by Gasteiger charge is 1.98. The number of aryl methyl sites for hydroxylation is 1. The van der Waals surface area contributed by atoms with E-state index in [1.54, 1.807) is 0 Å². The Kier molecular flexibility index (Phi) is 3.47. The van der Waals surface area contributed by atoms with Crippen molar-refractivity contribution in [3.05, 3.63) is 46.2 Å². The van der Waals surface area contributed by atoms with Crippen LogP contribution < -0.4 is 11.1 Å². The molecule has 0 aliphatic heterocycles. The molecular weight excluding hydrogens is 216 g/mol. The smallest absolute Gasteiger partial charge is 0.0494 e. The van der Waals surface area contributed by atoms with E-state index in [2.05, 4.69) is 24.4 Å². The Labute approximate surface area is 100 Å². The molecule has 0 saturated carbocycles. The molecule has 1 heterocycles. The third-order valence-electron chi connectivity index (χ3n) is 2.42. The van der Waals surface area contributed by atoms with Gasteiger partial charge < -0.3 is 11.1 Å². The standard InChI is InChI=1S/C13H16N2S/c1-2-12-6-7-13(16-12)9-15-11-5-3-4-10(14)8-11/h3-8,15H,2,9,14H2,1H3. The van der Waals surface area contributed by atoms with E-state index >= 15 is 0 Å². The second kappa shape index (κ2) is 5.03. The first kappa shape index (κ1) is 11.0. The van der Waals surface area contributed by atoms with Crippen LogP contribution in [-0.2, 0) is 13.0 Å². The van der Waals surface area contributed by atoms with Crippen molar-refractivity contribution in [3.8, 4) is 0 Å². The molecule has 84 valence electrons. The molecule has 3 N–H and O–H groups in total. The van der Waals surface area contributed by atoms with Crippen LogP contribution in [0.5, 0.6) is 0 Å². The second-order valence-corrected chi connectivity index (χ2v) is 4.95. The summed E-state index contributed by atoms with van der Waals surface area (Å²) >= 11 is 1.86. The average molecular weight is 232 g/mol. The minimum atomic E-state index is 0.797. The maximum atomic E-state index is 5.72. The molecule has 16 heavy (non-hydrogen) atoms. The van der Waals surface area contributed by atoms with Crippen molar-refractivity contribution < 1.29 is 0 Å². The van der Waals surface area contributed by atoms with Crippen LogP contribution in [0.25, 0.3) is 0 Å². The molecule has 0 amide bonds. The van der Waals surface area contributed by atoms with E-state index in [1.165, 1.54) is 9.75 Å². The van der Waals surface area contributed by atoms with Gasteiger partial charge in [-0.25, -0.2) is 0 Å². The van der Waals surface area contributed by atoms with Gasteiger partial charge in [-0.15, -0.1) is 11.3 Å². The van der Waals surface area contributed by atoms with Gasteiger partial charge in [0.15, 0.2) is 0 Å². The maximum Gasteiger partial charge on any atom is 0.0494 e. The third-order valence-corrected chi connectivity index (χ3v) is 3.65. The zero-order valence-electron chi connectivity index (χ0n) is 9.36. The van der Waals surface area contributed by atoms with E-state index in [-0.39, 0.29) is 0 Å². The molecular formula is C13H16N2S. The first-order valence-electron chi connectivity index (χ1n) is 5.45. The molecule has 0 unspecified atom stereocenters. The fourth-order valence-electron chi connectivity index (χ4n) is 1.55. The molecule has 0 saturated heterocycles. The van der Waals surface area contributed by atoms with Crippen LogP contribution in [-0.4, -0.2) is 0 Å². The van der Waals surface area contributed by atoms with Crippen molar-refractivity contribution in [2.75, 3.05) is 11.1 Å². The van der Waals surface area contributed by atoms with Crippen LogP contribution >= 0.6 is 11.3 Å². The lowest BCUT2D eigenvalue weighted by Gasteiger charge is -2.05. The summed E-state index contributed by atoms with van der Waals surface area (Å²) in [4.78, 5) is 2.80. The van der Waals surface area contributed by atoms with E-state index in [0.29, 0.717) is 0 Å². The van der Waals surface area contributed by atoms with Gasteiger partial charge in [0.1, 0.15) is 0 Å².